The van der Waals surface area contributed by atoms with Gasteiger partial charge in [-0.25, -0.2) is 8.42 Å². The molecule has 0 radical (unpaired) electrons. The molecule has 2 N–H and O–H groups in total. The average Bonchev–Trinajstić information content (AvgIpc) is 2.81. The van der Waals surface area contributed by atoms with Crippen LogP contribution in [0.2, 0.25) is 0 Å². The van der Waals surface area contributed by atoms with Crippen molar-refractivity contribution in [1.29, 1.82) is 0 Å². The minimum atomic E-state index is -3.49. The van der Waals surface area contributed by atoms with E-state index in [9.17, 15) is 8.42 Å². The van der Waals surface area contributed by atoms with Crippen molar-refractivity contribution in [3.63, 3.8) is 0 Å². The summed E-state index contributed by atoms with van der Waals surface area (Å²) in [6.07, 6.45) is 0. The molecule has 0 bridgehead atoms. The van der Waals surface area contributed by atoms with Crippen molar-refractivity contribution in [2.75, 3.05) is 33.2 Å². The van der Waals surface area contributed by atoms with Crippen LogP contribution in [0, 0.1) is 6.92 Å². The summed E-state index contributed by atoms with van der Waals surface area (Å²) in [5.74, 6) is 0. The van der Waals surface area contributed by atoms with Crippen molar-refractivity contribution in [2.24, 2.45) is 0 Å². The van der Waals surface area contributed by atoms with Crippen molar-refractivity contribution >= 4 is 10.0 Å². The first kappa shape index (κ1) is 16.4. The van der Waals surface area contributed by atoms with Crippen molar-refractivity contribution in [1.82, 2.24) is 24.7 Å². The van der Waals surface area contributed by atoms with Gasteiger partial charge in [0.1, 0.15) is 4.90 Å². The topological polar surface area (TPSA) is 81.3 Å². The van der Waals surface area contributed by atoms with E-state index in [4.69, 9.17) is 0 Å². The third kappa shape index (κ3) is 3.28. The molecule has 0 aromatic carbocycles. The third-order valence-corrected chi connectivity index (χ3v) is 6.09. The van der Waals surface area contributed by atoms with Gasteiger partial charge in [0.25, 0.3) is 0 Å². The second kappa shape index (κ2) is 6.43. The zero-order valence-electron chi connectivity index (χ0n) is 13.2. The Bertz CT molecular complexity index is 583. The standard InChI is InChI=1S/C13H25N5O2S/c1-5-14-8-12-13(11(3)15-16-12)21(19,20)18-7-6-17(4)10(2)9-18/h10,14H,5-9H2,1-4H3,(H,15,16). The summed E-state index contributed by atoms with van der Waals surface area (Å²) in [7, 11) is -1.47. The number of nitrogens with zero attached hydrogens (tertiary/aromatic N) is 3. The normalized spacial score (nSPS) is 21.8. The summed E-state index contributed by atoms with van der Waals surface area (Å²) >= 11 is 0. The number of aromatic amines is 1. The van der Waals surface area contributed by atoms with Crippen LogP contribution < -0.4 is 5.32 Å². The van der Waals surface area contributed by atoms with Gasteiger partial charge in [0.2, 0.25) is 10.0 Å². The van der Waals surface area contributed by atoms with Gasteiger partial charge in [-0.3, -0.25) is 5.10 Å². The quantitative estimate of drug-likeness (QED) is 0.808. The number of aromatic nitrogens is 2. The molecule has 7 nitrogen and oxygen atoms in total. The van der Waals surface area contributed by atoms with Crippen molar-refractivity contribution in [2.45, 2.75) is 38.3 Å². The van der Waals surface area contributed by atoms with E-state index in [2.05, 4.69) is 20.4 Å². The van der Waals surface area contributed by atoms with E-state index < -0.39 is 10.0 Å². The Balaban J connectivity index is 2.29. The molecule has 1 atom stereocenters. The molecule has 2 rings (SSSR count). The summed E-state index contributed by atoms with van der Waals surface area (Å²) < 4.78 is 27.4. The van der Waals surface area contributed by atoms with Gasteiger partial charge in [-0.2, -0.15) is 9.40 Å². The monoisotopic (exact) mass is 315 g/mol. The number of likely N-dealkylation sites (N-methyl/N-ethyl adjacent to an activating group) is 1. The molecule has 1 unspecified atom stereocenters. The average molecular weight is 315 g/mol. The first-order valence-electron chi connectivity index (χ1n) is 7.32. The Hall–Kier alpha value is -0.960. The second-order valence-electron chi connectivity index (χ2n) is 5.60. The van der Waals surface area contributed by atoms with Crippen LogP contribution in [0.25, 0.3) is 0 Å². The number of sulfonamides is 1. The molecule has 1 saturated heterocycles. The third-order valence-electron chi connectivity index (χ3n) is 4.02. The maximum atomic E-state index is 12.9. The summed E-state index contributed by atoms with van der Waals surface area (Å²) in [6.45, 7) is 8.81. The largest absolute Gasteiger partial charge is 0.311 e. The Labute approximate surface area is 126 Å². The number of rotatable bonds is 5. The van der Waals surface area contributed by atoms with Gasteiger partial charge >= 0.3 is 0 Å². The highest BCUT2D eigenvalue weighted by Crippen LogP contribution is 2.24. The van der Waals surface area contributed by atoms with Gasteiger partial charge in [-0.05, 0) is 27.4 Å². The van der Waals surface area contributed by atoms with E-state index in [1.807, 2.05) is 20.9 Å². The van der Waals surface area contributed by atoms with Gasteiger partial charge in [0.15, 0.2) is 0 Å². The lowest BCUT2D eigenvalue weighted by Crippen LogP contribution is -2.52. The molecule has 1 aromatic heterocycles. The Morgan fingerprint density at radius 2 is 2.14 bits per heavy atom. The molecule has 1 aliphatic heterocycles. The molecule has 120 valence electrons. The van der Waals surface area contributed by atoms with E-state index in [-0.39, 0.29) is 6.04 Å². The van der Waals surface area contributed by atoms with Crippen LogP contribution in [0.5, 0.6) is 0 Å². The second-order valence-corrected chi connectivity index (χ2v) is 7.47. The molecule has 8 heteroatoms. The van der Waals surface area contributed by atoms with Crippen LogP contribution >= 0.6 is 0 Å². The van der Waals surface area contributed by atoms with Gasteiger partial charge < -0.3 is 10.2 Å². The highest BCUT2D eigenvalue weighted by Gasteiger charge is 2.34. The molecule has 0 aliphatic carbocycles. The number of aryl methyl sites for hydroxylation is 1. The SMILES string of the molecule is CCNCc1n[nH]c(C)c1S(=O)(=O)N1CCN(C)C(C)C1. The van der Waals surface area contributed by atoms with E-state index in [0.29, 0.717) is 35.9 Å². The fraction of sp³-hybridized carbons (Fsp3) is 0.769. The van der Waals surface area contributed by atoms with E-state index in [1.165, 1.54) is 0 Å². The molecule has 1 aromatic rings. The lowest BCUT2D eigenvalue weighted by molar-refractivity contribution is 0.159. The van der Waals surface area contributed by atoms with Crippen molar-refractivity contribution in [3.8, 4) is 0 Å². The van der Waals surface area contributed by atoms with Gasteiger partial charge in [-0.15, -0.1) is 0 Å². The summed E-state index contributed by atoms with van der Waals surface area (Å²) in [4.78, 5) is 2.51. The molecule has 21 heavy (non-hydrogen) atoms. The maximum Gasteiger partial charge on any atom is 0.246 e. The first-order valence-corrected chi connectivity index (χ1v) is 8.76. The van der Waals surface area contributed by atoms with Gasteiger partial charge in [-0.1, -0.05) is 6.92 Å². The number of hydrogen-bond acceptors (Lipinski definition) is 5. The zero-order valence-corrected chi connectivity index (χ0v) is 14.0. The van der Waals surface area contributed by atoms with Crippen LogP contribution in [0.4, 0.5) is 0 Å². The molecule has 1 aliphatic rings. The zero-order chi connectivity index (χ0) is 15.6. The van der Waals surface area contributed by atoms with Crippen molar-refractivity contribution in [3.05, 3.63) is 11.4 Å². The van der Waals surface area contributed by atoms with E-state index in [1.54, 1.807) is 11.2 Å². The molecular formula is C13H25N5O2S. The highest BCUT2D eigenvalue weighted by molar-refractivity contribution is 7.89. The molecule has 0 spiro atoms. The molecular weight excluding hydrogens is 290 g/mol. The van der Waals surface area contributed by atoms with Crippen LogP contribution in [0.3, 0.4) is 0 Å². The number of hydrogen-bond donors (Lipinski definition) is 2. The summed E-state index contributed by atoms with van der Waals surface area (Å²) in [6, 6.07) is 0.220. The number of H-pyrrole nitrogens is 1. The molecule has 2 heterocycles. The van der Waals surface area contributed by atoms with Crippen LogP contribution in [0.1, 0.15) is 25.2 Å². The van der Waals surface area contributed by atoms with Gasteiger partial charge in [0, 0.05) is 32.2 Å². The lowest BCUT2D eigenvalue weighted by atomic mass is 10.2. The summed E-state index contributed by atoms with van der Waals surface area (Å²) in [5.41, 5.74) is 1.18. The minimum absolute atomic E-state index is 0.220. The van der Waals surface area contributed by atoms with Crippen LogP contribution in [0.15, 0.2) is 4.90 Å². The Morgan fingerprint density at radius 1 is 1.43 bits per heavy atom. The fourth-order valence-corrected chi connectivity index (χ4v) is 4.38. The van der Waals surface area contributed by atoms with Crippen LogP contribution in [-0.2, 0) is 16.6 Å². The van der Waals surface area contributed by atoms with Gasteiger partial charge in [0.05, 0.1) is 11.4 Å². The lowest BCUT2D eigenvalue weighted by Gasteiger charge is -2.36. The summed E-state index contributed by atoms with van der Waals surface area (Å²) in [5, 5.41) is 10.1. The first-order chi connectivity index (χ1) is 9.87. The molecule has 0 saturated carbocycles. The number of piperazine rings is 1. The Kier molecular flexibility index (Phi) is 5.03. The van der Waals surface area contributed by atoms with E-state index in [0.717, 1.165) is 13.1 Å². The van der Waals surface area contributed by atoms with Crippen molar-refractivity contribution < 1.29 is 8.42 Å². The fourth-order valence-electron chi connectivity index (χ4n) is 2.54. The minimum Gasteiger partial charge on any atom is -0.311 e. The maximum absolute atomic E-state index is 12.9. The van der Waals surface area contributed by atoms with Crippen LogP contribution in [-0.4, -0.2) is 67.1 Å². The predicted molar refractivity (Wildman–Crippen MR) is 81.6 cm³/mol. The molecule has 1 fully saturated rings. The predicted octanol–water partition coefficient (Wildman–Crippen LogP) is 0.152. The highest BCUT2D eigenvalue weighted by atomic mass is 32.2. The smallest absolute Gasteiger partial charge is 0.246 e. The van der Waals surface area contributed by atoms with E-state index >= 15 is 0 Å². The Morgan fingerprint density at radius 3 is 2.76 bits per heavy atom. The number of nitrogens with one attached hydrogen (secondary N) is 2. The molecule has 0 amide bonds.